The number of benzene rings is 1. The molecule has 1 heterocycles. The first-order chi connectivity index (χ1) is 8.72. The summed E-state index contributed by atoms with van der Waals surface area (Å²) >= 11 is 0. The van der Waals surface area contributed by atoms with Crippen molar-refractivity contribution in [1.82, 2.24) is 10.2 Å². The minimum Gasteiger partial charge on any atom is -0.396 e. The van der Waals surface area contributed by atoms with Crippen molar-refractivity contribution in [2.45, 2.75) is 19.4 Å². The first-order valence-electron chi connectivity index (χ1n) is 6.54. The van der Waals surface area contributed by atoms with Crippen molar-refractivity contribution >= 4 is 12.4 Å². The molecule has 0 unspecified atom stereocenters. The summed E-state index contributed by atoms with van der Waals surface area (Å²) in [4.78, 5) is 2.33. The average molecular weight is 289 g/mol. The molecule has 1 fully saturated rings. The van der Waals surface area contributed by atoms with Gasteiger partial charge in [-0.15, -0.1) is 12.4 Å². The van der Waals surface area contributed by atoms with Crippen molar-refractivity contribution in [3.63, 3.8) is 0 Å². The Kier molecular flexibility index (Phi) is 6.72. The van der Waals surface area contributed by atoms with Crippen LogP contribution in [0.3, 0.4) is 0 Å². The van der Waals surface area contributed by atoms with E-state index in [0.29, 0.717) is 6.42 Å². The zero-order valence-corrected chi connectivity index (χ0v) is 12.0. The molecule has 3 nitrogen and oxygen atoms in total. The van der Waals surface area contributed by atoms with Crippen molar-refractivity contribution in [2.75, 3.05) is 32.8 Å². The van der Waals surface area contributed by atoms with Crippen LogP contribution in [0.25, 0.3) is 0 Å². The fraction of sp³-hybridized carbons (Fsp3) is 0.571. The van der Waals surface area contributed by atoms with Gasteiger partial charge in [-0.05, 0) is 36.6 Å². The molecule has 1 aromatic carbocycles. The third-order valence-electron chi connectivity index (χ3n) is 3.60. The molecule has 1 aromatic rings. The van der Waals surface area contributed by atoms with Gasteiger partial charge >= 0.3 is 0 Å². The van der Waals surface area contributed by atoms with Gasteiger partial charge in [-0.1, -0.05) is 6.07 Å². The van der Waals surface area contributed by atoms with Crippen LogP contribution in [0.2, 0.25) is 0 Å². The van der Waals surface area contributed by atoms with Gasteiger partial charge < -0.3 is 10.4 Å². The van der Waals surface area contributed by atoms with E-state index in [1.807, 2.05) is 13.0 Å². The Morgan fingerprint density at radius 1 is 1.37 bits per heavy atom. The zero-order chi connectivity index (χ0) is 13.0. The van der Waals surface area contributed by atoms with E-state index >= 15 is 0 Å². The van der Waals surface area contributed by atoms with Crippen LogP contribution in [0, 0.1) is 12.7 Å². The fourth-order valence-corrected chi connectivity index (χ4v) is 2.62. The molecule has 0 bridgehead atoms. The van der Waals surface area contributed by atoms with E-state index in [1.54, 1.807) is 6.07 Å². The number of hydrogen-bond acceptors (Lipinski definition) is 3. The maximum Gasteiger partial charge on any atom is 0.123 e. The summed E-state index contributed by atoms with van der Waals surface area (Å²) in [7, 11) is 0. The molecule has 0 amide bonds. The quantitative estimate of drug-likeness (QED) is 0.888. The lowest BCUT2D eigenvalue weighted by Crippen LogP contribution is -2.45. The minimum absolute atomic E-state index is 0. The number of nitrogens with zero attached hydrogens (tertiary/aromatic N) is 1. The fourth-order valence-electron chi connectivity index (χ4n) is 2.62. The molecule has 2 rings (SSSR count). The number of aliphatic hydroxyl groups is 1. The highest BCUT2D eigenvalue weighted by molar-refractivity contribution is 5.85. The molecule has 0 aromatic heterocycles. The maximum atomic E-state index is 13.4. The number of aliphatic hydroxyl groups excluding tert-OH is 1. The van der Waals surface area contributed by atoms with E-state index in [-0.39, 0.29) is 30.9 Å². The zero-order valence-electron chi connectivity index (χ0n) is 11.2. The lowest BCUT2D eigenvalue weighted by Gasteiger charge is -2.35. The summed E-state index contributed by atoms with van der Waals surface area (Å²) in [5, 5.41) is 12.6. The Labute approximate surface area is 120 Å². The van der Waals surface area contributed by atoms with Crippen LogP contribution in [0.1, 0.15) is 23.6 Å². The summed E-state index contributed by atoms with van der Waals surface area (Å²) in [5.74, 6) is -0.200. The molecule has 1 aliphatic heterocycles. The van der Waals surface area contributed by atoms with Crippen molar-refractivity contribution in [3.8, 4) is 0 Å². The molecule has 5 heteroatoms. The molecule has 0 radical (unpaired) electrons. The first-order valence-corrected chi connectivity index (χ1v) is 6.54. The van der Waals surface area contributed by atoms with Gasteiger partial charge in [0.2, 0.25) is 0 Å². The van der Waals surface area contributed by atoms with Gasteiger partial charge in [0, 0.05) is 38.8 Å². The minimum atomic E-state index is -0.200. The Bertz CT molecular complexity index is 397. The van der Waals surface area contributed by atoms with E-state index in [0.717, 1.165) is 37.3 Å². The van der Waals surface area contributed by atoms with Gasteiger partial charge in [0.25, 0.3) is 0 Å². The number of halogens is 2. The molecule has 0 spiro atoms. The number of hydrogen-bond donors (Lipinski definition) is 2. The number of nitrogens with one attached hydrogen (secondary N) is 1. The standard InChI is InChI=1S/C14H21FN2O.ClH/c1-11-2-3-12(15)10-13(11)14(4-9-18)17-7-5-16-6-8-17;/h2-3,10,14,16,18H,4-9H2,1H3;1H/t14-;/m0./s1. The second-order valence-corrected chi connectivity index (χ2v) is 4.81. The smallest absolute Gasteiger partial charge is 0.123 e. The summed E-state index contributed by atoms with van der Waals surface area (Å²) in [6, 6.07) is 5.04. The second kappa shape index (κ2) is 7.80. The van der Waals surface area contributed by atoms with Crippen LogP contribution in [0.5, 0.6) is 0 Å². The Morgan fingerprint density at radius 3 is 2.68 bits per heavy atom. The predicted octanol–water partition coefficient (Wildman–Crippen LogP) is 1.88. The molecular weight excluding hydrogens is 267 g/mol. The van der Waals surface area contributed by atoms with Crippen LogP contribution in [-0.4, -0.2) is 42.8 Å². The molecule has 1 saturated heterocycles. The van der Waals surface area contributed by atoms with Crippen LogP contribution in [-0.2, 0) is 0 Å². The van der Waals surface area contributed by atoms with Gasteiger partial charge in [-0.2, -0.15) is 0 Å². The molecule has 19 heavy (non-hydrogen) atoms. The predicted molar refractivity (Wildman–Crippen MR) is 77.3 cm³/mol. The summed E-state index contributed by atoms with van der Waals surface area (Å²) < 4.78 is 13.4. The second-order valence-electron chi connectivity index (χ2n) is 4.81. The number of piperazine rings is 1. The third-order valence-corrected chi connectivity index (χ3v) is 3.60. The van der Waals surface area contributed by atoms with Gasteiger partial charge in [-0.3, -0.25) is 4.90 Å². The van der Waals surface area contributed by atoms with Gasteiger partial charge in [0.05, 0.1) is 0 Å². The molecular formula is C14H22ClFN2O. The van der Waals surface area contributed by atoms with Crippen molar-refractivity contribution in [1.29, 1.82) is 0 Å². The van der Waals surface area contributed by atoms with Crippen molar-refractivity contribution in [2.24, 2.45) is 0 Å². The van der Waals surface area contributed by atoms with Gasteiger partial charge in [0.1, 0.15) is 5.82 Å². The number of rotatable bonds is 4. The van der Waals surface area contributed by atoms with Crippen LogP contribution in [0.15, 0.2) is 18.2 Å². The summed E-state index contributed by atoms with van der Waals surface area (Å²) in [6.07, 6.45) is 0.657. The first kappa shape index (κ1) is 16.4. The SMILES string of the molecule is Cc1ccc(F)cc1[C@H](CCO)N1CCNCC1.Cl. The highest BCUT2D eigenvalue weighted by Gasteiger charge is 2.23. The molecule has 2 N–H and O–H groups in total. The Morgan fingerprint density at radius 2 is 2.05 bits per heavy atom. The number of aryl methyl sites for hydroxylation is 1. The molecule has 108 valence electrons. The Balaban J connectivity index is 0.00000180. The molecule has 1 atom stereocenters. The Hall–Kier alpha value is -0.680. The van der Waals surface area contributed by atoms with Crippen LogP contribution in [0.4, 0.5) is 4.39 Å². The van der Waals surface area contributed by atoms with Gasteiger partial charge in [0.15, 0.2) is 0 Å². The topological polar surface area (TPSA) is 35.5 Å². The van der Waals surface area contributed by atoms with Crippen molar-refractivity contribution < 1.29 is 9.50 Å². The highest BCUT2D eigenvalue weighted by Crippen LogP contribution is 2.27. The molecule has 0 saturated carbocycles. The maximum absolute atomic E-state index is 13.4. The van der Waals surface area contributed by atoms with E-state index in [4.69, 9.17) is 0 Å². The summed E-state index contributed by atoms with van der Waals surface area (Å²) in [5.41, 5.74) is 2.10. The van der Waals surface area contributed by atoms with E-state index in [1.165, 1.54) is 6.07 Å². The van der Waals surface area contributed by atoms with Crippen LogP contribution < -0.4 is 5.32 Å². The highest BCUT2D eigenvalue weighted by atomic mass is 35.5. The monoisotopic (exact) mass is 288 g/mol. The largest absolute Gasteiger partial charge is 0.396 e. The summed E-state index contributed by atoms with van der Waals surface area (Å²) in [6.45, 7) is 5.93. The lowest BCUT2D eigenvalue weighted by molar-refractivity contribution is 0.140. The van der Waals surface area contributed by atoms with E-state index in [9.17, 15) is 9.50 Å². The van der Waals surface area contributed by atoms with Gasteiger partial charge in [-0.25, -0.2) is 4.39 Å². The van der Waals surface area contributed by atoms with E-state index in [2.05, 4.69) is 10.2 Å². The third kappa shape index (κ3) is 4.14. The normalized spacial score (nSPS) is 17.8. The van der Waals surface area contributed by atoms with E-state index < -0.39 is 0 Å². The molecule has 0 aliphatic carbocycles. The van der Waals surface area contributed by atoms with Crippen LogP contribution >= 0.6 is 12.4 Å². The van der Waals surface area contributed by atoms with Crippen molar-refractivity contribution in [3.05, 3.63) is 35.1 Å². The average Bonchev–Trinajstić information content (AvgIpc) is 2.40. The molecule has 1 aliphatic rings. The lowest BCUT2D eigenvalue weighted by atomic mass is 9.97.